The normalized spacial score (nSPS) is 14.4. The van der Waals surface area contributed by atoms with E-state index in [0.717, 1.165) is 35.5 Å². The van der Waals surface area contributed by atoms with E-state index < -0.39 is 5.97 Å². The first-order chi connectivity index (χ1) is 15.5. The molecule has 0 spiro atoms. The molecule has 1 fully saturated rings. The van der Waals surface area contributed by atoms with Gasteiger partial charge in [0.1, 0.15) is 0 Å². The van der Waals surface area contributed by atoms with Crippen molar-refractivity contribution in [3.8, 4) is 5.82 Å². The largest absolute Gasteiger partial charge is 0.481 e. The SMILES string of the molecule is Cc1cnn(-c2ccc(NC(c3ccc(C(=O)NCCC(=O)O)cc3)C3CCC3)cn2)c1. The highest BCUT2D eigenvalue weighted by Gasteiger charge is 2.28. The van der Waals surface area contributed by atoms with E-state index in [0.29, 0.717) is 11.5 Å². The molecule has 1 unspecified atom stereocenters. The van der Waals surface area contributed by atoms with Gasteiger partial charge in [0, 0.05) is 18.3 Å². The van der Waals surface area contributed by atoms with Gasteiger partial charge in [-0.3, -0.25) is 9.59 Å². The van der Waals surface area contributed by atoms with Crippen molar-refractivity contribution in [2.24, 2.45) is 5.92 Å². The van der Waals surface area contributed by atoms with Gasteiger partial charge in [0.15, 0.2) is 5.82 Å². The third-order valence-electron chi connectivity index (χ3n) is 5.79. The number of nitrogens with one attached hydrogen (secondary N) is 2. The Hall–Kier alpha value is -3.68. The van der Waals surface area contributed by atoms with Gasteiger partial charge in [0.05, 0.1) is 30.5 Å². The Kier molecular flexibility index (Phi) is 6.49. The van der Waals surface area contributed by atoms with E-state index in [1.54, 1.807) is 23.0 Å². The lowest BCUT2D eigenvalue weighted by atomic mass is 9.77. The van der Waals surface area contributed by atoms with Crippen LogP contribution in [0.15, 0.2) is 55.0 Å². The van der Waals surface area contributed by atoms with Crippen molar-refractivity contribution in [1.82, 2.24) is 20.1 Å². The Morgan fingerprint density at radius 3 is 2.50 bits per heavy atom. The zero-order chi connectivity index (χ0) is 22.5. The summed E-state index contributed by atoms with van der Waals surface area (Å²) in [5, 5.41) is 19.3. The fourth-order valence-electron chi connectivity index (χ4n) is 3.80. The molecule has 1 atom stereocenters. The quantitative estimate of drug-likeness (QED) is 0.474. The Morgan fingerprint density at radius 1 is 1.16 bits per heavy atom. The van der Waals surface area contributed by atoms with Crippen molar-refractivity contribution in [2.75, 3.05) is 11.9 Å². The Bertz CT molecular complexity index is 1070. The molecule has 1 aliphatic rings. The summed E-state index contributed by atoms with van der Waals surface area (Å²) in [4.78, 5) is 27.4. The van der Waals surface area contributed by atoms with E-state index in [4.69, 9.17) is 5.11 Å². The van der Waals surface area contributed by atoms with E-state index in [1.807, 2.05) is 43.6 Å². The van der Waals surface area contributed by atoms with Crippen LogP contribution in [-0.4, -0.2) is 38.3 Å². The highest BCUT2D eigenvalue weighted by atomic mass is 16.4. The molecule has 8 nitrogen and oxygen atoms in total. The lowest BCUT2D eigenvalue weighted by Crippen LogP contribution is -2.27. The van der Waals surface area contributed by atoms with Gasteiger partial charge in [-0.2, -0.15) is 5.10 Å². The fourth-order valence-corrected chi connectivity index (χ4v) is 3.80. The number of nitrogens with zero attached hydrogens (tertiary/aromatic N) is 3. The number of carboxylic acid groups (broad SMARTS) is 1. The molecule has 8 heteroatoms. The van der Waals surface area contributed by atoms with E-state index in [2.05, 4.69) is 20.7 Å². The summed E-state index contributed by atoms with van der Waals surface area (Å²) < 4.78 is 1.75. The summed E-state index contributed by atoms with van der Waals surface area (Å²) in [5.41, 5.74) is 3.65. The molecule has 3 N–H and O–H groups in total. The molecule has 2 heterocycles. The van der Waals surface area contributed by atoms with Crippen LogP contribution in [0.1, 0.15) is 53.2 Å². The second kappa shape index (κ2) is 9.64. The van der Waals surface area contributed by atoms with Gasteiger partial charge in [0.2, 0.25) is 0 Å². The van der Waals surface area contributed by atoms with Crippen LogP contribution in [0, 0.1) is 12.8 Å². The fraction of sp³-hybridized carbons (Fsp3) is 0.333. The molecule has 1 aromatic carbocycles. The summed E-state index contributed by atoms with van der Waals surface area (Å²) >= 11 is 0. The molecular formula is C24H27N5O3. The maximum Gasteiger partial charge on any atom is 0.305 e. The highest BCUT2D eigenvalue weighted by Crippen LogP contribution is 2.39. The number of benzene rings is 1. The van der Waals surface area contributed by atoms with Gasteiger partial charge < -0.3 is 15.7 Å². The minimum Gasteiger partial charge on any atom is -0.481 e. The molecule has 0 saturated heterocycles. The number of carbonyl (C=O) groups is 2. The first-order valence-corrected chi connectivity index (χ1v) is 10.8. The van der Waals surface area contributed by atoms with Gasteiger partial charge in [-0.1, -0.05) is 18.6 Å². The molecule has 1 saturated carbocycles. The maximum atomic E-state index is 12.2. The molecule has 0 bridgehead atoms. The topological polar surface area (TPSA) is 109 Å². The molecule has 1 aliphatic carbocycles. The molecule has 0 radical (unpaired) electrons. The summed E-state index contributed by atoms with van der Waals surface area (Å²) in [7, 11) is 0. The average molecular weight is 434 g/mol. The van der Waals surface area contributed by atoms with Crippen LogP contribution in [-0.2, 0) is 4.79 Å². The number of carboxylic acids is 1. The smallest absolute Gasteiger partial charge is 0.305 e. The van der Waals surface area contributed by atoms with Gasteiger partial charge in [-0.15, -0.1) is 0 Å². The summed E-state index contributed by atoms with van der Waals surface area (Å²) in [6, 6.07) is 11.6. The van der Waals surface area contributed by atoms with Gasteiger partial charge in [-0.25, -0.2) is 9.67 Å². The maximum absolute atomic E-state index is 12.2. The van der Waals surface area contributed by atoms with Gasteiger partial charge in [-0.05, 0) is 61.1 Å². The zero-order valence-corrected chi connectivity index (χ0v) is 18.0. The first kappa shape index (κ1) is 21.5. The predicted molar refractivity (Wildman–Crippen MR) is 121 cm³/mol. The second-order valence-electron chi connectivity index (χ2n) is 8.20. The van der Waals surface area contributed by atoms with E-state index in [1.165, 1.54) is 6.42 Å². The zero-order valence-electron chi connectivity index (χ0n) is 18.0. The molecule has 1 amide bonds. The Morgan fingerprint density at radius 2 is 1.94 bits per heavy atom. The number of rotatable bonds is 9. The number of hydrogen-bond donors (Lipinski definition) is 3. The van der Waals surface area contributed by atoms with Crippen LogP contribution in [0.3, 0.4) is 0 Å². The third kappa shape index (κ3) is 5.14. The van der Waals surface area contributed by atoms with Crippen LogP contribution in [0.4, 0.5) is 5.69 Å². The minimum absolute atomic E-state index is 0.0929. The van der Waals surface area contributed by atoms with Gasteiger partial charge >= 0.3 is 5.97 Å². The molecule has 32 heavy (non-hydrogen) atoms. The summed E-state index contributed by atoms with van der Waals surface area (Å²) in [6.07, 6.45) is 9.01. The van der Waals surface area contributed by atoms with Crippen LogP contribution >= 0.6 is 0 Å². The van der Waals surface area contributed by atoms with Crippen LogP contribution in [0.25, 0.3) is 5.82 Å². The standard InChI is InChI=1S/C24H27N5O3/c1-16-13-27-29(15-16)21-10-9-20(14-26-21)28-23(17-3-2-4-17)18-5-7-19(8-6-18)24(32)25-12-11-22(30)31/h5-10,13-15,17,23,28H,2-4,11-12H2,1H3,(H,25,32)(H,30,31). The van der Waals surface area contributed by atoms with Crippen LogP contribution in [0.5, 0.6) is 0 Å². The summed E-state index contributed by atoms with van der Waals surface area (Å²) in [6.45, 7) is 2.11. The molecule has 166 valence electrons. The van der Waals surface area contributed by atoms with Crippen molar-refractivity contribution in [3.05, 3.63) is 71.7 Å². The lowest BCUT2D eigenvalue weighted by Gasteiger charge is -2.35. The van der Waals surface area contributed by atoms with E-state index in [-0.39, 0.29) is 24.9 Å². The van der Waals surface area contributed by atoms with Crippen molar-refractivity contribution < 1.29 is 14.7 Å². The monoisotopic (exact) mass is 433 g/mol. The molecule has 4 rings (SSSR count). The number of hydrogen-bond acceptors (Lipinski definition) is 5. The van der Waals surface area contributed by atoms with E-state index >= 15 is 0 Å². The van der Waals surface area contributed by atoms with E-state index in [9.17, 15) is 9.59 Å². The van der Waals surface area contributed by atoms with Crippen molar-refractivity contribution in [1.29, 1.82) is 0 Å². The third-order valence-corrected chi connectivity index (χ3v) is 5.79. The number of anilines is 1. The van der Waals surface area contributed by atoms with Crippen molar-refractivity contribution in [3.63, 3.8) is 0 Å². The number of aromatic nitrogens is 3. The van der Waals surface area contributed by atoms with Crippen LogP contribution < -0.4 is 10.6 Å². The molecular weight excluding hydrogens is 406 g/mol. The van der Waals surface area contributed by atoms with Crippen molar-refractivity contribution in [2.45, 2.75) is 38.6 Å². The predicted octanol–water partition coefficient (Wildman–Crippen LogP) is 3.73. The van der Waals surface area contributed by atoms with Crippen molar-refractivity contribution >= 4 is 17.6 Å². The van der Waals surface area contributed by atoms with Crippen LogP contribution in [0.2, 0.25) is 0 Å². The lowest BCUT2D eigenvalue weighted by molar-refractivity contribution is -0.136. The number of pyridine rings is 1. The van der Waals surface area contributed by atoms with Gasteiger partial charge in [0.25, 0.3) is 5.91 Å². The number of aliphatic carboxylic acids is 1. The first-order valence-electron chi connectivity index (χ1n) is 10.8. The Labute approximate surface area is 186 Å². The molecule has 2 aromatic heterocycles. The minimum atomic E-state index is -0.933. The highest BCUT2D eigenvalue weighted by molar-refractivity contribution is 5.94. The number of carbonyl (C=O) groups excluding carboxylic acids is 1. The molecule has 3 aromatic rings. The number of amides is 1. The summed E-state index contributed by atoms with van der Waals surface area (Å²) in [5.74, 6) is 0.0951. The molecule has 0 aliphatic heterocycles. The number of aryl methyl sites for hydroxylation is 1. The second-order valence-corrected chi connectivity index (χ2v) is 8.20. The Balaban J connectivity index is 1.44. The average Bonchev–Trinajstić information content (AvgIpc) is 3.18.